The topological polar surface area (TPSA) is 97.1 Å². The number of benzene rings is 2. The molecule has 33 heavy (non-hydrogen) atoms. The highest BCUT2D eigenvalue weighted by atomic mass is 35.5. The molecule has 0 saturated heterocycles. The summed E-state index contributed by atoms with van der Waals surface area (Å²) in [6, 6.07) is 11.1. The fourth-order valence-electron chi connectivity index (χ4n) is 3.50. The lowest BCUT2D eigenvalue weighted by atomic mass is 10.1. The number of pyridine rings is 1. The SMILES string of the molecule is Nc1cncc(NC(=O)c2cc(NC(=O)C3[C@H](c4ccc(Cl)c(Cl)c4)C3(Cl)Cl)ccc2Cl)c1. The molecule has 1 aliphatic carbocycles. The van der Waals surface area contributed by atoms with Crippen molar-refractivity contribution in [1.29, 1.82) is 0 Å². The van der Waals surface area contributed by atoms with E-state index >= 15 is 0 Å². The number of hydrogen-bond acceptors (Lipinski definition) is 4. The Bertz CT molecular complexity index is 1270. The van der Waals surface area contributed by atoms with Crippen LogP contribution in [0.2, 0.25) is 15.1 Å². The van der Waals surface area contributed by atoms with Crippen molar-refractivity contribution in [3.05, 3.63) is 81.1 Å². The number of halogens is 5. The molecule has 2 aromatic carbocycles. The molecule has 170 valence electrons. The fraction of sp³-hybridized carbons (Fsp3) is 0.136. The van der Waals surface area contributed by atoms with E-state index in [9.17, 15) is 9.59 Å². The standard InChI is InChI=1S/C22H15Cl5N4O2/c23-15-4-2-12(7-14(15)20(32)31-13-6-11(28)8-29-9-13)30-21(33)19-18(22(19,26)27)10-1-3-16(24)17(25)5-10/h1-9,18-19H,28H2,(H,30,33)(H,31,32)/t18-,19?/m0/s1. The van der Waals surface area contributed by atoms with Gasteiger partial charge in [0.15, 0.2) is 0 Å². The Morgan fingerprint density at radius 2 is 1.61 bits per heavy atom. The number of nitrogens with one attached hydrogen (secondary N) is 2. The van der Waals surface area contributed by atoms with Gasteiger partial charge >= 0.3 is 0 Å². The molecule has 1 aromatic heterocycles. The highest BCUT2D eigenvalue weighted by Crippen LogP contribution is 2.65. The Balaban J connectivity index is 1.50. The van der Waals surface area contributed by atoms with Crippen LogP contribution in [0, 0.1) is 5.92 Å². The van der Waals surface area contributed by atoms with Gasteiger partial charge in [-0.05, 0) is 42.0 Å². The van der Waals surface area contributed by atoms with E-state index in [1.165, 1.54) is 24.5 Å². The summed E-state index contributed by atoms with van der Waals surface area (Å²) in [5, 5.41) is 6.33. The van der Waals surface area contributed by atoms with Gasteiger partial charge in [0.1, 0.15) is 4.33 Å². The predicted octanol–water partition coefficient (Wildman–Crippen LogP) is 6.40. The van der Waals surface area contributed by atoms with E-state index in [2.05, 4.69) is 15.6 Å². The molecule has 3 aromatic rings. The molecule has 0 radical (unpaired) electrons. The maximum Gasteiger partial charge on any atom is 0.257 e. The van der Waals surface area contributed by atoms with Crippen LogP contribution in [-0.4, -0.2) is 21.1 Å². The third-order valence-corrected chi connectivity index (χ3v) is 7.14. The van der Waals surface area contributed by atoms with Crippen LogP contribution in [0.3, 0.4) is 0 Å². The Labute approximate surface area is 214 Å². The second kappa shape index (κ2) is 9.20. The van der Waals surface area contributed by atoms with Gasteiger partial charge in [-0.2, -0.15) is 0 Å². The van der Waals surface area contributed by atoms with E-state index in [-0.39, 0.29) is 10.6 Å². The van der Waals surface area contributed by atoms with Crippen LogP contribution >= 0.6 is 58.0 Å². The molecule has 4 rings (SSSR count). The number of nitrogens with zero attached hydrogens (tertiary/aromatic N) is 1. The van der Waals surface area contributed by atoms with Crippen molar-refractivity contribution in [2.75, 3.05) is 16.4 Å². The lowest BCUT2D eigenvalue weighted by Gasteiger charge is -2.10. The monoisotopic (exact) mass is 542 g/mol. The zero-order valence-electron chi connectivity index (χ0n) is 16.6. The minimum Gasteiger partial charge on any atom is -0.397 e. The number of aromatic nitrogens is 1. The lowest BCUT2D eigenvalue weighted by Crippen LogP contribution is -2.18. The molecule has 0 bridgehead atoms. The summed E-state index contributed by atoms with van der Waals surface area (Å²) in [4.78, 5) is 29.5. The zero-order chi connectivity index (χ0) is 23.9. The molecule has 0 aliphatic heterocycles. The van der Waals surface area contributed by atoms with Gasteiger partial charge < -0.3 is 16.4 Å². The molecule has 6 nitrogen and oxygen atoms in total. The van der Waals surface area contributed by atoms with Crippen molar-refractivity contribution in [2.24, 2.45) is 5.92 Å². The molecule has 1 saturated carbocycles. The number of rotatable bonds is 5. The van der Waals surface area contributed by atoms with Crippen LogP contribution in [0.15, 0.2) is 54.9 Å². The first kappa shape index (κ1) is 23.9. The highest BCUT2D eigenvalue weighted by molar-refractivity contribution is 6.53. The molecule has 1 unspecified atom stereocenters. The maximum absolute atomic E-state index is 12.9. The first-order valence-corrected chi connectivity index (χ1v) is 11.4. The van der Waals surface area contributed by atoms with Crippen molar-refractivity contribution in [2.45, 2.75) is 10.3 Å². The predicted molar refractivity (Wildman–Crippen MR) is 134 cm³/mol. The summed E-state index contributed by atoms with van der Waals surface area (Å²) in [6.45, 7) is 0. The third kappa shape index (κ3) is 5.00. The number of anilines is 3. The third-order valence-electron chi connectivity index (χ3n) is 5.13. The van der Waals surface area contributed by atoms with Crippen molar-refractivity contribution < 1.29 is 9.59 Å². The Hall–Kier alpha value is -2.22. The Morgan fingerprint density at radius 1 is 0.879 bits per heavy atom. The van der Waals surface area contributed by atoms with Crippen molar-refractivity contribution >= 4 is 86.9 Å². The summed E-state index contributed by atoms with van der Waals surface area (Å²) in [5.74, 6) is -2.11. The molecule has 2 amide bonds. The molecule has 11 heteroatoms. The number of amides is 2. The van der Waals surface area contributed by atoms with E-state index in [1.54, 1.807) is 30.3 Å². The van der Waals surface area contributed by atoms with Gasteiger partial charge in [-0.25, -0.2) is 0 Å². The zero-order valence-corrected chi connectivity index (χ0v) is 20.4. The smallest absolute Gasteiger partial charge is 0.257 e. The molecule has 0 spiro atoms. The van der Waals surface area contributed by atoms with Gasteiger partial charge in [-0.15, -0.1) is 23.2 Å². The number of carbonyl (C=O) groups excluding carboxylic acids is 2. The minimum atomic E-state index is -1.31. The Morgan fingerprint density at radius 3 is 2.30 bits per heavy atom. The van der Waals surface area contributed by atoms with E-state index in [1.807, 2.05) is 0 Å². The van der Waals surface area contributed by atoms with Crippen molar-refractivity contribution in [3.63, 3.8) is 0 Å². The van der Waals surface area contributed by atoms with Crippen LogP contribution in [0.25, 0.3) is 0 Å². The second-order valence-electron chi connectivity index (χ2n) is 7.45. The molecule has 1 aliphatic rings. The largest absolute Gasteiger partial charge is 0.397 e. The first-order valence-electron chi connectivity index (χ1n) is 9.53. The molecule has 1 heterocycles. The Kier molecular flexibility index (Phi) is 6.67. The molecule has 1 fully saturated rings. The molecule has 4 N–H and O–H groups in total. The van der Waals surface area contributed by atoms with E-state index < -0.39 is 28.0 Å². The van der Waals surface area contributed by atoms with Gasteiger partial charge in [0.25, 0.3) is 5.91 Å². The van der Waals surface area contributed by atoms with Crippen LogP contribution in [0.5, 0.6) is 0 Å². The van der Waals surface area contributed by atoms with E-state index in [4.69, 9.17) is 63.7 Å². The summed E-state index contributed by atoms with van der Waals surface area (Å²) in [7, 11) is 0. The van der Waals surface area contributed by atoms with Crippen LogP contribution in [-0.2, 0) is 4.79 Å². The highest BCUT2D eigenvalue weighted by Gasteiger charge is 2.67. The van der Waals surface area contributed by atoms with Crippen LogP contribution in [0.1, 0.15) is 21.8 Å². The summed E-state index contributed by atoms with van der Waals surface area (Å²) in [5.41, 5.74) is 7.68. The summed E-state index contributed by atoms with van der Waals surface area (Å²) in [6.07, 6.45) is 2.90. The van der Waals surface area contributed by atoms with Gasteiger partial charge in [0, 0.05) is 17.8 Å². The minimum absolute atomic E-state index is 0.150. The number of nitrogen functional groups attached to an aromatic ring is 1. The van der Waals surface area contributed by atoms with Gasteiger partial charge in [0.05, 0.1) is 44.1 Å². The number of nitrogens with two attached hydrogens (primary N) is 1. The van der Waals surface area contributed by atoms with Crippen LogP contribution in [0.4, 0.5) is 17.1 Å². The average molecular weight is 545 g/mol. The molecular formula is C22H15Cl5N4O2. The number of alkyl halides is 2. The fourth-order valence-corrected chi connectivity index (χ4v) is 4.83. The van der Waals surface area contributed by atoms with Gasteiger partial charge in [-0.3, -0.25) is 14.6 Å². The van der Waals surface area contributed by atoms with E-state index in [0.717, 1.165) is 0 Å². The molecule has 2 atom stereocenters. The summed E-state index contributed by atoms with van der Waals surface area (Å²) >= 11 is 31.0. The van der Waals surface area contributed by atoms with Crippen molar-refractivity contribution in [1.82, 2.24) is 4.98 Å². The number of carbonyl (C=O) groups is 2. The normalized spacial score (nSPS) is 18.5. The summed E-state index contributed by atoms with van der Waals surface area (Å²) < 4.78 is -1.31. The second-order valence-corrected chi connectivity index (χ2v) is 10.1. The number of hydrogen-bond donors (Lipinski definition) is 3. The molecular weight excluding hydrogens is 530 g/mol. The van der Waals surface area contributed by atoms with Crippen molar-refractivity contribution in [3.8, 4) is 0 Å². The lowest BCUT2D eigenvalue weighted by molar-refractivity contribution is -0.117. The average Bonchev–Trinajstić information content (AvgIpc) is 3.33. The first-order chi connectivity index (χ1) is 15.6. The maximum atomic E-state index is 12.9. The van der Waals surface area contributed by atoms with Gasteiger partial charge in [0.2, 0.25) is 5.91 Å². The van der Waals surface area contributed by atoms with Gasteiger partial charge in [-0.1, -0.05) is 40.9 Å². The van der Waals surface area contributed by atoms with Crippen LogP contribution < -0.4 is 16.4 Å². The van der Waals surface area contributed by atoms with E-state index in [0.29, 0.717) is 32.7 Å². The quantitative estimate of drug-likeness (QED) is 0.324.